The van der Waals surface area contributed by atoms with E-state index in [1.807, 2.05) is 24.3 Å². The van der Waals surface area contributed by atoms with Gasteiger partial charge in [0, 0.05) is 17.1 Å². The molecule has 0 saturated heterocycles. The van der Waals surface area contributed by atoms with Crippen molar-refractivity contribution in [3.8, 4) is 0 Å². The molecule has 0 saturated carbocycles. The van der Waals surface area contributed by atoms with E-state index in [1.54, 1.807) is 0 Å². The fourth-order valence-electron chi connectivity index (χ4n) is 1.99. The Morgan fingerprint density at radius 2 is 1.83 bits per heavy atom. The first-order valence-electron chi connectivity index (χ1n) is 6.63. The molecule has 2 nitrogen and oxygen atoms in total. The van der Waals surface area contributed by atoms with Crippen LogP contribution in [0.2, 0.25) is 5.02 Å². The second kappa shape index (κ2) is 7.13. The van der Waals surface area contributed by atoms with Gasteiger partial charge in [-0.15, -0.1) is 0 Å². The number of hydrogen-bond donors (Lipinski definition) is 1. The highest BCUT2D eigenvalue weighted by Gasteiger charge is 2.15. The van der Waals surface area contributed by atoms with Crippen molar-refractivity contribution in [1.82, 2.24) is 4.90 Å². The van der Waals surface area contributed by atoms with Crippen molar-refractivity contribution >= 4 is 11.6 Å². The Bertz CT molecular complexity index is 365. The second-order valence-corrected chi connectivity index (χ2v) is 5.79. The maximum absolute atomic E-state index is 6.21. The number of rotatable bonds is 6. The van der Waals surface area contributed by atoms with E-state index < -0.39 is 0 Å². The summed E-state index contributed by atoms with van der Waals surface area (Å²) in [6.07, 6.45) is 0.928. The molecule has 0 bridgehead atoms. The van der Waals surface area contributed by atoms with Crippen molar-refractivity contribution in [1.29, 1.82) is 0 Å². The minimum Gasteiger partial charge on any atom is -0.324 e. The van der Waals surface area contributed by atoms with E-state index in [0.29, 0.717) is 12.0 Å². The van der Waals surface area contributed by atoms with Crippen molar-refractivity contribution in [3.63, 3.8) is 0 Å². The Kier molecular flexibility index (Phi) is 6.13. The Labute approximate surface area is 116 Å². The highest BCUT2D eigenvalue weighted by atomic mass is 35.5. The molecule has 1 aromatic rings. The summed E-state index contributed by atoms with van der Waals surface area (Å²) in [5.41, 5.74) is 7.26. The van der Waals surface area contributed by atoms with E-state index in [4.69, 9.17) is 17.3 Å². The van der Waals surface area contributed by atoms with Crippen LogP contribution in [0.1, 0.15) is 38.8 Å². The topological polar surface area (TPSA) is 29.3 Å². The van der Waals surface area contributed by atoms with Gasteiger partial charge in [0.25, 0.3) is 0 Å². The summed E-state index contributed by atoms with van der Waals surface area (Å²) < 4.78 is 0. The Morgan fingerprint density at radius 1 is 1.22 bits per heavy atom. The van der Waals surface area contributed by atoms with Gasteiger partial charge in [0.05, 0.1) is 0 Å². The monoisotopic (exact) mass is 268 g/mol. The van der Waals surface area contributed by atoms with Crippen LogP contribution in [0.5, 0.6) is 0 Å². The van der Waals surface area contributed by atoms with Gasteiger partial charge in [-0.1, -0.05) is 43.6 Å². The molecule has 1 rings (SSSR count). The quantitative estimate of drug-likeness (QED) is 0.852. The SMILES string of the molecule is CC(C)C(C)N(C)CCC(N)c1ccccc1Cl. The lowest BCUT2D eigenvalue weighted by Gasteiger charge is -2.28. The zero-order chi connectivity index (χ0) is 13.7. The van der Waals surface area contributed by atoms with Gasteiger partial charge in [-0.2, -0.15) is 0 Å². The number of nitrogens with zero attached hydrogens (tertiary/aromatic N) is 1. The van der Waals surface area contributed by atoms with Crippen LogP contribution >= 0.6 is 11.6 Å². The highest BCUT2D eigenvalue weighted by molar-refractivity contribution is 6.31. The van der Waals surface area contributed by atoms with Crippen molar-refractivity contribution < 1.29 is 0 Å². The van der Waals surface area contributed by atoms with Gasteiger partial charge in [0.1, 0.15) is 0 Å². The van der Waals surface area contributed by atoms with Crippen LogP contribution in [-0.2, 0) is 0 Å². The Morgan fingerprint density at radius 3 is 2.39 bits per heavy atom. The van der Waals surface area contributed by atoms with Crippen molar-refractivity contribution in [3.05, 3.63) is 34.9 Å². The first-order chi connectivity index (χ1) is 8.43. The van der Waals surface area contributed by atoms with E-state index in [9.17, 15) is 0 Å². The molecule has 102 valence electrons. The fraction of sp³-hybridized carbons (Fsp3) is 0.600. The predicted octanol–water partition coefficient (Wildman–Crippen LogP) is 3.71. The second-order valence-electron chi connectivity index (χ2n) is 5.38. The zero-order valence-electron chi connectivity index (χ0n) is 11.9. The van der Waals surface area contributed by atoms with Crippen LogP contribution in [0.25, 0.3) is 0 Å². The first kappa shape index (κ1) is 15.5. The summed E-state index contributed by atoms with van der Waals surface area (Å²) in [4.78, 5) is 2.36. The van der Waals surface area contributed by atoms with Crippen molar-refractivity contribution in [2.24, 2.45) is 11.7 Å². The van der Waals surface area contributed by atoms with Gasteiger partial charge in [-0.05, 0) is 44.5 Å². The molecule has 0 aliphatic rings. The summed E-state index contributed by atoms with van der Waals surface area (Å²) in [5.74, 6) is 0.659. The smallest absolute Gasteiger partial charge is 0.0453 e. The summed E-state index contributed by atoms with van der Waals surface area (Å²) in [6.45, 7) is 7.74. The molecule has 0 aromatic heterocycles. The maximum Gasteiger partial charge on any atom is 0.0453 e. The van der Waals surface area contributed by atoms with E-state index in [2.05, 4.69) is 32.7 Å². The molecule has 2 atom stereocenters. The number of halogens is 1. The lowest BCUT2D eigenvalue weighted by molar-refractivity contribution is 0.202. The molecule has 2 N–H and O–H groups in total. The molecule has 0 heterocycles. The molecule has 0 aliphatic heterocycles. The third-order valence-electron chi connectivity index (χ3n) is 3.76. The first-order valence-corrected chi connectivity index (χ1v) is 7.01. The minimum atomic E-state index is 0.0144. The number of nitrogens with two attached hydrogens (primary N) is 1. The molecule has 0 aliphatic carbocycles. The number of benzene rings is 1. The van der Waals surface area contributed by atoms with Crippen LogP contribution in [0.15, 0.2) is 24.3 Å². The van der Waals surface area contributed by atoms with Gasteiger partial charge >= 0.3 is 0 Å². The van der Waals surface area contributed by atoms with Crippen LogP contribution in [0, 0.1) is 5.92 Å². The van der Waals surface area contributed by atoms with Crippen LogP contribution in [0.4, 0.5) is 0 Å². The maximum atomic E-state index is 6.21. The number of hydrogen-bond acceptors (Lipinski definition) is 2. The lowest BCUT2D eigenvalue weighted by atomic mass is 10.0. The van der Waals surface area contributed by atoms with Gasteiger partial charge in [-0.3, -0.25) is 0 Å². The fourth-order valence-corrected chi connectivity index (χ4v) is 2.26. The molecule has 0 fully saturated rings. The Balaban J connectivity index is 2.51. The van der Waals surface area contributed by atoms with Crippen LogP contribution in [-0.4, -0.2) is 24.5 Å². The molecule has 18 heavy (non-hydrogen) atoms. The summed E-state index contributed by atoms with van der Waals surface area (Å²) in [5, 5.41) is 0.768. The largest absolute Gasteiger partial charge is 0.324 e. The summed E-state index contributed by atoms with van der Waals surface area (Å²) in [6, 6.07) is 8.42. The van der Waals surface area contributed by atoms with Gasteiger partial charge in [0.2, 0.25) is 0 Å². The lowest BCUT2D eigenvalue weighted by Crippen LogP contribution is -2.35. The molecular formula is C15H25ClN2. The highest BCUT2D eigenvalue weighted by Crippen LogP contribution is 2.23. The van der Waals surface area contributed by atoms with E-state index >= 15 is 0 Å². The molecule has 1 aromatic carbocycles. The summed E-state index contributed by atoms with van der Waals surface area (Å²) in [7, 11) is 2.16. The zero-order valence-corrected chi connectivity index (χ0v) is 12.6. The molecule has 3 heteroatoms. The molecule has 0 spiro atoms. The van der Waals surface area contributed by atoms with Crippen molar-refractivity contribution in [2.75, 3.05) is 13.6 Å². The van der Waals surface area contributed by atoms with E-state index in [-0.39, 0.29) is 6.04 Å². The summed E-state index contributed by atoms with van der Waals surface area (Å²) >= 11 is 6.15. The molecule has 2 unspecified atom stereocenters. The average molecular weight is 269 g/mol. The molecule has 0 radical (unpaired) electrons. The third-order valence-corrected chi connectivity index (χ3v) is 4.10. The van der Waals surface area contributed by atoms with Gasteiger partial charge < -0.3 is 10.6 Å². The van der Waals surface area contributed by atoms with Gasteiger partial charge in [-0.25, -0.2) is 0 Å². The van der Waals surface area contributed by atoms with Gasteiger partial charge in [0.15, 0.2) is 0 Å². The molecular weight excluding hydrogens is 244 g/mol. The average Bonchev–Trinajstić information content (AvgIpc) is 2.35. The van der Waals surface area contributed by atoms with E-state index in [0.717, 1.165) is 23.6 Å². The normalized spacial score (nSPS) is 15.1. The van der Waals surface area contributed by atoms with E-state index in [1.165, 1.54) is 0 Å². The minimum absolute atomic E-state index is 0.0144. The molecule has 0 amide bonds. The third kappa shape index (κ3) is 4.27. The van der Waals surface area contributed by atoms with Crippen LogP contribution in [0.3, 0.4) is 0 Å². The van der Waals surface area contributed by atoms with Crippen LogP contribution < -0.4 is 5.73 Å². The Hall–Kier alpha value is -0.570. The standard InChI is InChI=1S/C15H25ClN2/c1-11(2)12(3)18(4)10-9-15(17)13-7-5-6-8-14(13)16/h5-8,11-12,15H,9-10,17H2,1-4H3. The predicted molar refractivity (Wildman–Crippen MR) is 79.9 cm³/mol. The van der Waals surface area contributed by atoms with Crippen molar-refractivity contribution in [2.45, 2.75) is 39.3 Å².